The summed E-state index contributed by atoms with van der Waals surface area (Å²) in [6.07, 6.45) is 1.14. The molecule has 0 aromatic heterocycles. The van der Waals surface area contributed by atoms with Gasteiger partial charge in [0.15, 0.2) is 0 Å². The fraction of sp³-hybridized carbons (Fsp3) is 0.357. The van der Waals surface area contributed by atoms with Gasteiger partial charge in [-0.1, -0.05) is 18.2 Å². The van der Waals surface area contributed by atoms with Crippen LogP contribution in [0.2, 0.25) is 0 Å². The molecule has 0 radical (unpaired) electrons. The van der Waals surface area contributed by atoms with E-state index in [0.29, 0.717) is 25.1 Å². The molecule has 1 aliphatic rings. The molecule has 1 unspecified atom stereocenters. The van der Waals surface area contributed by atoms with Gasteiger partial charge in [-0.2, -0.15) is 0 Å². The number of piperidine rings is 1. The number of carboxylic acid groups (broad SMARTS) is 1. The molecular formula is C14H16N2O4. The summed E-state index contributed by atoms with van der Waals surface area (Å²) in [4.78, 5) is 36.1. The Labute approximate surface area is 116 Å². The quantitative estimate of drug-likeness (QED) is 0.787. The molecule has 2 N–H and O–H groups in total. The lowest BCUT2D eigenvalue weighted by Gasteiger charge is -2.30. The molecule has 0 bridgehead atoms. The molecule has 6 nitrogen and oxygen atoms in total. The van der Waals surface area contributed by atoms with Crippen molar-refractivity contribution in [1.82, 2.24) is 4.90 Å². The van der Waals surface area contributed by atoms with Gasteiger partial charge in [-0.05, 0) is 25.0 Å². The number of carbonyl (C=O) groups excluding carboxylic acids is 2. The minimum Gasteiger partial charge on any atom is -0.481 e. The first-order chi connectivity index (χ1) is 9.58. The third-order valence-electron chi connectivity index (χ3n) is 3.28. The summed E-state index contributed by atoms with van der Waals surface area (Å²) in [5.41, 5.74) is 0.539. The number of nitrogens with zero attached hydrogens (tertiary/aromatic N) is 1. The van der Waals surface area contributed by atoms with Gasteiger partial charge in [-0.3, -0.25) is 14.4 Å². The number of aliphatic carboxylic acids is 1. The summed E-state index contributed by atoms with van der Waals surface area (Å²) >= 11 is 0. The molecule has 1 aromatic rings. The summed E-state index contributed by atoms with van der Waals surface area (Å²) in [5, 5.41) is 11.5. The van der Waals surface area contributed by atoms with Crippen LogP contribution in [0.25, 0.3) is 0 Å². The number of amides is 2. The standard InChI is InChI=1S/C14H16N2O4/c17-12(15-11-6-2-1-3-7-11)13(18)16-8-4-5-10(9-16)14(19)20/h1-3,6-7,10H,4-5,8-9H2,(H,15,17)(H,19,20). The van der Waals surface area contributed by atoms with Gasteiger partial charge in [-0.15, -0.1) is 0 Å². The molecule has 106 valence electrons. The van der Waals surface area contributed by atoms with Gasteiger partial charge in [0, 0.05) is 18.8 Å². The van der Waals surface area contributed by atoms with E-state index in [-0.39, 0.29) is 6.54 Å². The van der Waals surface area contributed by atoms with Crippen LogP contribution in [0.5, 0.6) is 0 Å². The number of carboxylic acids is 1. The Morgan fingerprint density at radius 2 is 1.90 bits per heavy atom. The van der Waals surface area contributed by atoms with E-state index < -0.39 is 23.7 Å². The minimum atomic E-state index is -0.925. The molecule has 0 saturated carbocycles. The van der Waals surface area contributed by atoms with Gasteiger partial charge >= 0.3 is 17.8 Å². The van der Waals surface area contributed by atoms with Gasteiger partial charge in [0.25, 0.3) is 0 Å². The number of anilines is 1. The van der Waals surface area contributed by atoms with Crippen molar-refractivity contribution >= 4 is 23.5 Å². The zero-order chi connectivity index (χ0) is 14.5. The van der Waals surface area contributed by atoms with E-state index in [4.69, 9.17) is 5.11 Å². The van der Waals surface area contributed by atoms with Crippen molar-refractivity contribution in [1.29, 1.82) is 0 Å². The second kappa shape index (κ2) is 6.18. The Balaban J connectivity index is 1.96. The molecule has 1 fully saturated rings. The average Bonchev–Trinajstić information content (AvgIpc) is 2.47. The predicted octanol–water partition coefficient (Wildman–Crippen LogP) is 0.948. The van der Waals surface area contributed by atoms with Crippen LogP contribution < -0.4 is 5.32 Å². The van der Waals surface area contributed by atoms with Crippen molar-refractivity contribution in [2.45, 2.75) is 12.8 Å². The highest BCUT2D eigenvalue weighted by atomic mass is 16.4. The van der Waals surface area contributed by atoms with Crippen molar-refractivity contribution in [3.05, 3.63) is 30.3 Å². The van der Waals surface area contributed by atoms with Crippen molar-refractivity contribution in [3.8, 4) is 0 Å². The van der Waals surface area contributed by atoms with Crippen LogP contribution in [-0.2, 0) is 14.4 Å². The van der Waals surface area contributed by atoms with Gasteiger partial charge in [0.05, 0.1) is 5.92 Å². The lowest BCUT2D eigenvalue weighted by Crippen LogP contribution is -2.46. The summed E-state index contributed by atoms with van der Waals surface area (Å²) in [6.45, 7) is 0.515. The third-order valence-corrected chi connectivity index (χ3v) is 3.28. The molecule has 1 heterocycles. The number of nitrogens with one attached hydrogen (secondary N) is 1. The highest BCUT2D eigenvalue weighted by Crippen LogP contribution is 2.17. The lowest BCUT2D eigenvalue weighted by atomic mass is 9.98. The van der Waals surface area contributed by atoms with Gasteiger partial charge in [-0.25, -0.2) is 0 Å². The maximum absolute atomic E-state index is 12.0. The maximum Gasteiger partial charge on any atom is 0.313 e. The third kappa shape index (κ3) is 3.34. The van der Waals surface area contributed by atoms with Crippen LogP contribution in [0.4, 0.5) is 5.69 Å². The summed E-state index contributed by atoms with van der Waals surface area (Å²) in [6, 6.07) is 8.67. The first-order valence-corrected chi connectivity index (χ1v) is 6.46. The zero-order valence-corrected chi connectivity index (χ0v) is 10.9. The molecular weight excluding hydrogens is 260 g/mol. The Bertz CT molecular complexity index is 515. The molecule has 20 heavy (non-hydrogen) atoms. The highest BCUT2D eigenvalue weighted by Gasteiger charge is 2.30. The second-order valence-electron chi connectivity index (χ2n) is 4.75. The Morgan fingerprint density at radius 3 is 2.55 bits per heavy atom. The zero-order valence-electron chi connectivity index (χ0n) is 10.9. The molecule has 1 aliphatic heterocycles. The smallest absolute Gasteiger partial charge is 0.313 e. The van der Waals surface area contributed by atoms with E-state index in [9.17, 15) is 14.4 Å². The fourth-order valence-corrected chi connectivity index (χ4v) is 2.21. The van der Waals surface area contributed by atoms with E-state index >= 15 is 0 Å². The largest absolute Gasteiger partial charge is 0.481 e. The van der Waals surface area contributed by atoms with Crippen LogP contribution >= 0.6 is 0 Å². The topological polar surface area (TPSA) is 86.7 Å². The second-order valence-corrected chi connectivity index (χ2v) is 4.75. The number of hydrogen-bond donors (Lipinski definition) is 2. The molecule has 6 heteroatoms. The molecule has 1 aromatic carbocycles. The van der Waals surface area contributed by atoms with E-state index in [2.05, 4.69) is 5.32 Å². The fourth-order valence-electron chi connectivity index (χ4n) is 2.21. The minimum absolute atomic E-state index is 0.0936. The Morgan fingerprint density at radius 1 is 1.20 bits per heavy atom. The number of para-hydroxylation sites is 1. The monoisotopic (exact) mass is 276 g/mol. The Kier molecular flexibility index (Phi) is 4.34. The maximum atomic E-state index is 12.0. The summed E-state index contributed by atoms with van der Waals surface area (Å²) in [5.74, 6) is -2.93. The van der Waals surface area contributed by atoms with Crippen LogP contribution in [0, 0.1) is 5.92 Å². The SMILES string of the molecule is O=C(Nc1ccccc1)C(=O)N1CCCC(C(=O)O)C1. The molecule has 1 saturated heterocycles. The molecule has 1 atom stereocenters. The van der Waals surface area contributed by atoms with Crippen LogP contribution in [-0.4, -0.2) is 40.9 Å². The van der Waals surface area contributed by atoms with Gasteiger partial charge in [0.1, 0.15) is 0 Å². The van der Waals surface area contributed by atoms with E-state index in [0.717, 1.165) is 0 Å². The van der Waals surface area contributed by atoms with Gasteiger partial charge < -0.3 is 15.3 Å². The Hall–Kier alpha value is -2.37. The van der Waals surface area contributed by atoms with Crippen molar-refractivity contribution in [2.24, 2.45) is 5.92 Å². The molecule has 0 aliphatic carbocycles. The van der Waals surface area contributed by atoms with Crippen LogP contribution in [0.15, 0.2) is 30.3 Å². The first-order valence-electron chi connectivity index (χ1n) is 6.46. The van der Waals surface area contributed by atoms with Crippen molar-refractivity contribution in [2.75, 3.05) is 18.4 Å². The molecule has 0 spiro atoms. The number of benzene rings is 1. The normalized spacial score (nSPS) is 18.4. The molecule has 2 amide bonds. The predicted molar refractivity (Wildman–Crippen MR) is 72.0 cm³/mol. The lowest BCUT2D eigenvalue weighted by molar-refractivity contribution is -0.149. The van der Waals surface area contributed by atoms with Crippen LogP contribution in [0.1, 0.15) is 12.8 Å². The first kappa shape index (κ1) is 14.0. The van der Waals surface area contributed by atoms with E-state index in [1.165, 1.54) is 4.90 Å². The number of hydrogen-bond acceptors (Lipinski definition) is 3. The van der Waals surface area contributed by atoms with Crippen molar-refractivity contribution in [3.63, 3.8) is 0 Å². The van der Waals surface area contributed by atoms with E-state index in [1.54, 1.807) is 30.3 Å². The number of likely N-dealkylation sites (tertiary alicyclic amines) is 1. The summed E-state index contributed by atoms with van der Waals surface area (Å²) in [7, 11) is 0. The van der Waals surface area contributed by atoms with Crippen LogP contribution in [0.3, 0.4) is 0 Å². The highest BCUT2D eigenvalue weighted by molar-refractivity contribution is 6.39. The average molecular weight is 276 g/mol. The van der Waals surface area contributed by atoms with E-state index in [1.807, 2.05) is 0 Å². The molecule has 2 rings (SSSR count). The number of carbonyl (C=O) groups is 3. The van der Waals surface area contributed by atoms with Crippen molar-refractivity contribution < 1.29 is 19.5 Å². The number of rotatable bonds is 2. The summed E-state index contributed by atoms with van der Waals surface area (Å²) < 4.78 is 0. The van der Waals surface area contributed by atoms with Gasteiger partial charge in [0.2, 0.25) is 0 Å².